The first kappa shape index (κ1) is 23.4. The van der Waals surface area contributed by atoms with Crippen molar-refractivity contribution in [1.82, 2.24) is 10.6 Å². The lowest BCUT2D eigenvalue weighted by atomic mass is 9.98. The van der Waals surface area contributed by atoms with Gasteiger partial charge in [0.25, 0.3) is 5.91 Å². The van der Waals surface area contributed by atoms with Crippen molar-refractivity contribution in [1.29, 1.82) is 0 Å². The van der Waals surface area contributed by atoms with Crippen LogP contribution in [0, 0.1) is 5.92 Å². The standard InChI is InChI=1S/C24H32N2O2.ClH/c1-18(2)16-24(13-14-24)25-17-22(27)21(15-19-9-5-3-6-10-19)26-23(28)20-11-7-4-8-12-20;/h3-12,18,21-22,25,27H,13-17H2,1-2H3,(H,26,28);1H/t21-,22+;/m0./s1. The quantitative estimate of drug-likeness (QED) is 0.549. The predicted molar refractivity (Wildman–Crippen MR) is 121 cm³/mol. The second-order valence-corrected chi connectivity index (χ2v) is 8.46. The van der Waals surface area contributed by atoms with Crippen LogP contribution in [0.5, 0.6) is 0 Å². The van der Waals surface area contributed by atoms with E-state index in [1.807, 2.05) is 48.5 Å². The number of hydrogen-bond donors (Lipinski definition) is 3. The summed E-state index contributed by atoms with van der Waals surface area (Å²) in [5, 5.41) is 17.5. The normalized spacial score (nSPS) is 16.6. The van der Waals surface area contributed by atoms with Crippen LogP contribution >= 0.6 is 12.4 Å². The number of nitrogens with one attached hydrogen (secondary N) is 2. The van der Waals surface area contributed by atoms with Gasteiger partial charge in [0.15, 0.2) is 0 Å². The Bertz CT molecular complexity index is 748. The van der Waals surface area contributed by atoms with Crippen molar-refractivity contribution >= 4 is 18.3 Å². The summed E-state index contributed by atoms with van der Waals surface area (Å²) in [6, 6.07) is 18.8. The molecule has 1 fully saturated rings. The molecule has 1 aliphatic carbocycles. The summed E-state index contributed by atoms with van der Waals surface area (Å²) < 4.78 is 0. The van der Waals surface area contributed by atoms with E-state index in [-0.39, 0.29) is 29.9 Å². The second kappa shape index (κ2) is 10.8. The number of carbonyl (C=O) groups excluding carboxylic acids is 1. The molecule has 0 bridgehead atoms. The highest BCUT2D eigenvalue weighted by molar-refractivity contribution is 5.94. The molecule has 1 aliphatic rings. The lowest BCUT2D eigenvalue weighted by Crippen LogP contribution is -2.50. The highest BCUT2D eigenvalue weighted by Crippen LogP contribution is 2.40. The molecular weight excluding hydrogens is 384 g/mol. The maximum atomic E-state index is 12.7. The summed E-state index contributed by atoms with van der Waals surface area (Å²) in [6.07, 6.45) is 3.39. The number of benzene rings is 2. The molecule has 4 nitrogen and oxygen atoms in total. The largest absolute Gasteiger partial charge is 0.390 e. The third kappa shape index (κ3) is 7.14. The molecule has 0 spiro atoms. The van der Waals surface area contributed by atoms with Gasteiger partial charge in [-0.25, -0.2) is 0 Å². The highest BCUT2D eigenvalue weighted by Gasteiger charge is 2.42. The Hall–Kier alpha value is -1.88. The smallest absolute Gasteiger partial charge is 0.251 e. The molecule has 0 aliphatic heterocycles. The molecule has 2 aromatic carbocycles. The van der Waals surface area contributed by atoms with Crippen molar-refractivity contribution in [3.63, 3.8) is 0 Å². The zero-order valence-electron chi connectivity index (χ0n) is 17.3. The third-order valence-electron chi connectivity index (χ3n) is 5.45. The molecule has 0 heterocycles. The molecule has 3 N–H and O–H groups in total. The van der Waals surface area contributed by atoms with Gasteiger partial charge in [-0.05, 0) is 49.3 Å². The number of rotatable bonds is 10. The minimum absolute atomic E-state index is 0. The summed E-state index contributed by atoms with van der Waals surface area (Å²) in [7, 11) is 0. The van der Waals surface area contributed by atoms with Crippen molar-refractivity contribution in [3.05, 3.63) is 71.8 Å². The van der Waals surface area contributed by atoms with Crippen LogP contribution in [-0.2, 0) is 6.42 Å². The van der Waals surface area contributed by atoms with Crippen molar-refractivity contribution in [2.75, 3.05) is 6.54 Å². The van der Waals surface area contributed by atoms with E-state index in [0.29, 0.717) is 24.4 Å². The van der Waals surface area contributed by atoms with Gasteiger partial charge >= 0.3 is 0 Å². The van der Waals surface area contributed by atoms with Gasteiger partial charge in [0.1, 0.15) is 0 Å². The molecule has 2 atom stereocenters. The molecular formula is C24H33ClN2O2. The fraction of sp³-hybridized carbons (Fsp3) is 0.458. The van der Waals surface area contributed by atoms with Crippen LogP contribution in [0.4, 0.5) is 0 Å². The molecule has 1 amide bonds. The minimum Gasteiger partial charge on any atom is -0.390 e. The summed E-state index contributed by atoms with van der Waals surface area (Å²) in [4.78, 5) is 12.7. The van der Waals surface area contributed by atoms with E-state index in [0.717, 1.165) is 24.8 Å². The topological polar surface area (TPSA) is 61.4 Å². The Kier molecular flexibility index (Phi) is 8.69. The lowest BCUT2D eigenvalue weighted by Gasteiger charge is -2.27. The van der Waals surface area contributed by atoms with Gasteiger partial charge in [-0.1, -0.05) is 62.4 Å². The van der Waals surface area contributed by atoms with Gasteiger partial charge < -0.3 is 15.7 Å². The van der Waals surface area contributed by atoms with E-state index in [9.17, 15) is 9.90 Å². The van der Waals surface area contributed by atoms with E-state index in [1.54, 1.807) is 12.1 Å². The first-order chi connectivity index (χ1) is 13.5. The molecule has 3 rings (SSSR count). The molecule has 158 valence electrons. The number of β-amino-alcohol motifs (C(OH)–C–C–N with tert-alkyl or cyclic N) is 1. The molecule has 0 saturated heterocycles. The van der Waals surface area contributed by atoms with Crippen LogP contribution in [0.3, 0.4) is 0 Å². The van der Waals surface area contributed by atoms with Crippen molar-refractivity contribution in [2.45, 2.75) is 57.2 Å². The van der Waals surface area contributed by atoms with Crippen LogP contribution in [0.2, 0.25) is 0 Å². The van der Waals surface area contributed by atoms with Gasteiger partial charge in [0.05, 0.1) is 12.1 Å². The zero-order chi connectivity index (χ0) is 20.0. The van der Waals surface area contributed by atoms with E-state index in [4.69, 9.17) is 0 Å². The van der Waals surface area contributed by atoms with Gasteiger partial charge in [-0.15, -0.1) is 12.4 Å². The monoisotopic (exact) mass is 416 g/mol. The molecule has 0 radical (unpaired) electrons. The number of aliphatic hydroxyl groups is 1. The van der Waals surface area contributed by atoms with Gasteiger partial charge in [-0.3, -0.25) is 4.79 Å². The number of halogens is 1. The van der Waals surface area contributed by atoms with Crippen molar-refractivity contribution < 1.29 is 9.90 Å². The van der Waals surface area contributed by atoms with Crippen LogP contribution in [0.15, 0.2) is 60.7 Å². The average Bonchev–Trinajstić information content (AvgIpc) is 3.46. The fourth-order valence-electron chi connectivity index (χ4n) is 3.84. The second-order valence-electron chi connectivity index (χ2n) is 8.46. The van der Waals surface area contributed by atoms with E-state index >= 15 is 0 Å². The number of amides is 1. The van der Waals surface area contributed by atoms with Crippen LogP contribution < -0.4 is 10.6 Å². The lowest BCUT2D eigenvalue weighted by molar-refractivity contribution is 0.0820. The summed E-state index contributed by atoms with van der Waals surface area (Å²) in [5.74, 6) is 0.480. The Labute approximate surface area is 180 Å². The number of carbonyl (C=O) groups is 1. The van der Waals surface area contributed by atoms with Crippen molar-refractivity contribution in [3.8, 4) is 0 Å². The average molecular weight is 417 g/mol. The molecule has 2 aromatic rings. The Morgan fingerprint density at radius 1 is 1.03 bits per heavy atom. The van der Waals surface area contributed by atoms with Gasteiger partial charge in [0, 0.05) is 17.6 Å². The first-order valence-corrected chi connectivity index (χ1v) is 10.3. The molecule has 0 aromatic heterocycles. The van der Waals surface area contributed by atoms with Crippen molar-refractivity contribution in [2.24, 2.45) is 5.92 Å². The molecule has 0 unspecified atom stereocenters. The minimum atomic E-state index is -0.655. The maximum Gasteiger partial charge on any atom is 0.251 e. The predicted octanol–water partition coefficient (Wildman–Crippen LogP) is 3.98. The number of hydrogen-bond acceptors (Lipinski definition) is 3. The Balaban J connectivity index is 0.00000300. The SMILES string of the molecule is CC(C)CC1(NC[C@@H](O)[C@H](Cc2ccccc2)NC(=O)c2ccccc2)CC1.Cl. The van der Waals surface area contributed by atoms with Crippen LogP contribution in [0.1, 0.15) is 49.0 Å². The van der Waals surface area contributed by atoms with Crippen LogP contribution in [0.25, 0.3) is 0 Å². The number of aliphatic hydroxyl groups excluding tert-OH is 1. The van der Waals surface area contributed by atoms with Gasteiger partial charge in [0.2, 0.25) is 0 Å². The Morgan fingerprint density at radius 2 is 1.62 bits per heavy atom. The molecule has 29 heavy (non-hydrogen) atoms. The fourth-order valence-corrected chi connectivity index (χ4v) is 3.84. The first-order valence-electron chi connectivity index (χ1n) is 10.3. The summed E-state index contributed by atoms with van der Waals surface area (Å²) in [5.41, 5.74) is 1.89. The molecule has 1 saturated carbocycles. The summed E-state index contributed by atoms with van der Waals surface area (Å²) >= 11 is 0. The Morgan fingerprint density at radius 3 is 2.17 bits per heavy atom. The van der Waals surface area contributed by atoms with E-state index in [1.165, 1.54) is 0 Å². The van der Waals surface area contributed by atoms with E-state index < -0.39 is 6.10 Å². The van der Waals surface area contributed by atoms with E-state index in [2.05, 4.69) is 24.5 Å². The van der Waals surface area contributed by atoms with Gasteiger partial charge in [-0.2, -0.15) is 0 Å². The highest BCUT2D eigenvalue weighted by atomic mass is 35.5. The third-order valence-corrected chi connectivity index (χ3v) is 5.45. The zero-order valence-corrected chi connectivity index (χ0v) is 18.1. The maximum absolute atomic E-state index is 12.7. The van der Waals surface area contributed by atoms with Crippen LogP contribution in [-0.4, -0.2) is 35.2 Å². The molecule has 5 heteroatoms. The summed E-state index contributed by atoms with van der Waals surface area (Å²) in [6.45, 7) is 4.95.